The minimum absolute atomic E-state index is 0.867. The van der Waals surface area contributed by atoms with Crippen LogP contribution in [0.1, 0.15) is 39.5 Å². The maximum Gasteiger partial charge on any atom is 0.0462 e. The van der Waals surface area contributed by atoms with Crippen LogP contribution in [0.2, 0.25) is 0 Å². The van der Waals surface area contributed by atoms with Gasteiger partial charge in [-0.25, -0.2) is 5.26 Å². The lowest BCUT2D eigenvalue weighted by Gasteiger charge is -2.19. The lowest BCUT2D eigenvalue weighted by Crippen LogP contribution is -2.27. The Morgan fingerprint density at radius 2 is 2.17 bits per heavy atom. The number of hydrogen-bond acceptors (Lipinski definition) is 2. The van der Waals surface area contributed by atoms with Crippen molar-refractivity contribution >= 4 is 0 Å². The summed E-state index contributed by atoms with van der Waals surface area (Å²) in [5, 5.41) is 6.50. The van der Waals surface area contributed by atoms with Crippen molar-refractivity contribution in [3.63, 3.8) is 0 Å². The molecule has 0 aromatic rings. The van der Waals surface area contributed by atoms with Crippen molar-refractivity contribution in [2.24, 2.45) is 0 Å². The Balaban J connectivity index is 0.000000561. The zero-order valence-electron chi connectivity index (χ0n) is 8.29. The van der Waals surface area contributed by atoms with Gasteiger partial charge in [0, 0.05) is 12.6 Å². The lowest BCUT2D eigenvalue weighted by molar-refractivity contribution is 0.265. The van der Waals surface area contributed by atoms with Crippen LogP contribution >= 0.6 is 0 Å². The van der Waals surface area contributed by atoms with Crippen LogP contribution in [0, 0.1) is 11.8 Å². The van der Waals surface area contributed by atoms with Crippen LogP contribution in [0.5, 0.6) is 0 Å². The summed E-state index contributed by atoms with van der Waals surface area (Å²) in [6, 6.07) is 0.867. The van der Waals surface area contributed by atoms with E-state index in [9.17, 15) is 0 Å². The summed E-state index contributed by atoms with van der Waals surface area (Å²) in [5.74, 6) is 0. The van der Waals surface area contributed by atoms with Gasteiger partial charge in [0.25, 0.3) is 0 Å². The average molecular weight is 168 g/mol. The van der Waals surface area contributed by atoms with Crippen molar-refractivity contribution in [1.29, 1.82) is 5.26 Å². The maximum atomic E-state index is 6.50. The van der Waals surface area contributed by atoms with E-state index in [1.54, 1.807) is 0 Å². The first-order chi connectivity index (χ1) is 5.84. The molecule has 1 aliphatic rings. The molecule has 0 aromatic carbocycles. The van der Waals surface area contributed by atoms with Crippen LogP contribution < -0.4 is 0 Å². The molecule has 1 saturated heterocycles. The van der Waals surface area contributed by atoms with Gasteiger partial charge in [-0.1, -0.05) is 13.3 Å². The van der Waals surface area contributed by atoms with Crippen LogP contribution in [-0.4, -0.2) is 24.0 Å². The second-order valence-electron chi connectivity index (χ2n) is 3.38. The minimum atomic E-state index is 0.867. The maximum absolute atomic E-state index is 6.50. The molecule has 0 aliphatic carbocycles. The van der Waals surface area contributed by atoms with Crippen molar-refractivity contribution in [1.82, 2.24) is 4.90 Å². The fourth-order valence-corrected chi connectivity index (χ4v) is 1.69. The van der Waals surface area contributed by atoms with Gasteiger partial charge in [0.1, 0.15) is 0 Å². The number of hydrogen-bond donors (Lipinski definition) is 0. The highest BCUT2D eigenvalue weighted by molar-refractivity contribution is 4.74. The van der Waals surface area contributed by atoms with Gasteiger partial charge in [-0.05, 0) is 39.3 Å². The Morgan fingerprint density at radius 1 is 1.50 bits per heavy atom. The van der Waals surface area contributed by atoms with Gasteiger partial charge < -0.3 is 4.90 Å². The van der Waals surface area contributed by atoms with Crippen molar-refractivity contribution in [2.75, 3.05) is 13.1 Å². The van der Waals surface area contributed by atoms with E-state index in [2.05, 4.69) is 25.3 Å². The lowest BCUT2D eigenvalue weighted by atomic mass is 10.2. The van der Waals surface area contributed by atoms with E-state index in [-0.39, 0.29) is 0 Å². The molecule has 1 atom stereocenters. The summed E-state index contributed by atoms with van der Waals surface area (Å²) in [7, 11) is 0. The Hall–Kier alpha value is -0.550. The molecule has 0 N–H and O–H groups in total. The predicted molar refractivity (Wildman–Crippen MR) is 51.8 cm³/mol. The minimum Gasteiger partial charge on any atom is -0.301 e. The van der Waals surface area contributed by atoms with Gasteiger partial charge in [-0.2, -0.15) is 0 Å². The van der Waals surface area contributed by atoms with Crippen LogP contribution in [-0.2, 0) is 0 Å². The van der Waals surface area contributed by atoms with E-state index < -0.39 is 0 Å². The first-order valence-corrected chi connectivity index (χ1v) is 4.84. The third-order valence-electron chi connectivity index (χ3n) is 2.49. The quantitative estimate of drug-likeness (QED) is 0.647. The summed E-state index contributed by atoms with van der Waals surface area (Å²) < 4.78 is 0. The monoisotopic (exact) mass is 168 g/mol. The van der Waals surface area contributed by atoms with Gasteiger partial charge in [0.2, 0.25) is 0 Å². The molecule has 70 valence electrons. The van der Waals surface area contributed by atoms with Crippen molar-refractivity contribution < 1.29 is 0 Å². The van der Waals surface area contributed by atoms with E-state index >= 15 is 0 Å². The van der Waals surface area contributed by atoms with E-state index in [1.807, 2.05) is 0 Å². The summed E-state index contributed by atoms with van der Waals surface area (Å²) in [4.78, 5) is 2.61. The third kappa shape index (κ3) is 3.73. The van der Waals surface area contributed by atoms with E-state index in [0.717, 1.165) is 6.04 Å². The third-order valence-corrected chi connectivity index (χ3v) is 2.49. The highest BCUT2D eigenvalue weighted by Gasteiger charge is 2.18. The molecule has 1 aliphatic heterocycles. The zero-order valence-corrected chi connectivity index (χ0v) is 8.29. The van der Waals surface area contributed by atoms with Crippen molar-refractivity contribution in [3.8, 4) is 6.57 Å². The molecule has 0 amide bonds. The second kappa shape index (κ2) is 7.12. The molecular formula is C10H20N2. The molecule has 0 spiro atoms. The van der Waals surface area contributed by atoms with Gasteiger partial charge in [-0.15, -0.1) is 0 Å². The highest BCUT2D eigenvalue weighted by Crippen LogP contribution is 2.16. The van der Waals surface area contributed by atoms with Gasteiger partial charge in [-0.3, -0.25) is 0 Å². The number of likely N-dealkylation sites (tertiary alicyclic amines) is 1. The summed E-state index contributed by atoms with van der Waals surface area (Å²) in [6.07, 6.45) is 5.56. The van der Waals surface area contributed by atoms with Gasteiger partial charge >= 0.3 is 0 Å². The largest absolute Gasteiger partial charge is 0.301 e. The van der Waals surface area contributed by atoms with Crippen LogP contribution in [0.4, 0.5) is 0 Å². The van der Waals surface area contributed by atoms with Crippen LogP contribution in [0.15, 0.2) is 0 Å². The number of rotatable bonds is 3. The second-order valence-corrected chi connectivity index (χ2v) is 3.38. The molecule has 0 radical (unpaired) electrons. The first-order valence-electron chi connectivity index (χ1n) is 4.84. The Labute approximate surface area is 76.2 Å². The molecule has 12 heavy (non-hydrogen) atoms. The average Bonchev–Trinajstić information content (AvgIpc) is 2.51. The number of nitriles is 1. The number of unbranched alkanes of at least 4 members (excludes halogenated alkanes) is 1. The van der Waals surface area contributed by atoms with Gasteiger partial charge in [0.15, 0.2) is 0 Å². The SMILES string of the molecule is C#N.CCCCN1CCCC1C. The van der Waals surface area contributed by atoms with Crippen molar-refractivity contribution in [2.45, 2.75) is 45.6 Å². The molecule has 1 heterocycles. The molecule has 1 unspecified atom stereocenters. The van der Waals surface area contributed by atoms with Crippen molar-refractivity contribution in [3.05, 3.63) is 0 Å². The molecule has 2 nitrogen and oxygen atoms in total. The van der Waals surface area contributed by atoms with Gasteiger partial charge in [0.05, 0.1) is 0 Å². The molecular weight excluding hydrogens is 148 g/mol. The summed E-state index contributed by atoms with van der Waals surface area (Å²) in [6.45, 7) is 10.8. The zero-order chi connectivity index (χ0) is 9.40. The standard InChI is InChI=1S/C9H19N.CHN/c1-3-4-7-10-8-5-6-9(10)2;1-2/h9H,3-8H2,1-2H3;1H. The number of nitrogens with zero attached hydrogens (tertiary/aromatic N) is 2. The van der Waals surface area contributed by atoms with E-state index in [0.29, 0.717) is 0 Å². The van der Waals surface area contributed by atoms with Crippen LogP contribution in [0.25, 0.3) is 0 Å². The van der Waals surface area contributed by atoms with E-state index in [1.165, 1.54) is 38.8 Å². The summed E-state index contributed by atoms with van der Waals surface area (Å²) in [5.41, 5.74) is 0. The highest BCUT2D eigenvalue weighted by atomic mass is 15.2. The Morgan fingerprint density at radius 3 is 2.58 bits per heavy atom. The fourth-order valence-electron chi connectivity index (χ4n) is 1.69. The predicted octanol–water partition coefficient (Wildman–Crippen LogP) is 2.41. The Kier molecular flexibility index (Phi) is 6.79. The molecule has 0 bridgehead atoms. The topological polar surface area (TPSA) is 27.0 Å². The molecule has 2 heteroatoms. The van der Waals surface area contributed by atoms with Crippen LogP contribution in [0.3, 0.4) is 0 Å². The van der Waals surface area contributed by atoms with E-state index in [4.69, 9.17) is 5.26 Å². The first kappa shape index (κ1) is 11.4. The molecule has 1 rings (SSSR count). The smallest absolute Gasteiger partial charge is 0.0462 e. The summed E-state index contributed by atoms with van der Waals surface area (Å²) >= 11 is 0. The molecule has 0 saturated carbocycles. The molecule has 0 aromatic heterocycles. The Bertz CT molecular complexity index is 120. The fraction of sp³-hybridized carbons (Fsp3) is 0.900. The molecule has 1 fully saturated rings. The normalized spacial score (nSPS) is 23.2.